The fraction of sp³-hybridized carbons (Fsp3) is 1.00. The van der Waals surface area contributed by atoms with Crippen molar-refractivity contribution < 1.29 is 9.84 Å². The Labute approximate surface area is 67.6 Å². The van der Waals surface area contributed by atoms with Crippen LogP contribution in [0.15, 0.2) is 0 Å². The SMILES string of the molecule is CC(CO)C12OC1CCC2C. The van der Waals surface area contributed by atoms with Gasteiger partial charge in [0.15, 0.2) is 0 Å². The van der Waals surface area contributed by atoms with E-state index in [2.05, 4.69) is 13.8 Å². The van der Waals surface area contributed by atoms with Crippen molar-refractivity contribution in [2.24, 2.45) is 11.8 Å². The number of ether oxygens (including phenoxy) is 1. The number of hydrogen-bond donors (Lipinski definition) is 1. The largest absolute Gasteiger partial charge is 0.396 e. The first-order valence-corrected chi connectivity index (χ1v) is 4.50. The highest BCUT2D eigenvalue weighted by molar-refractivity contribution is 5.13. The predicted octanol–water partition coefficient (Wildman–Crippen LogP) is 1.18. The molecule has 4 atom stereocenters. The third-order valence-electron chi connectivity index (χ3n) is 3.47. The van der Waals surface area contributed by atoms with Crippen molar-refractivity contribution in [3.63, 3.8) is 0 Å². The molecule has 1 aliphatic carbocycles. The van der Waals surface area contributed by atoms with Gasteiger partial charge in [0.25, 0.3) is 0 Å². The predicted molar refractivity (Wildman–Crippen MR) is 42.3 cm³/mol. The van der Waals surface area contributed by atoms with Crippen molar-refractivity contribution in [2.75, 3.05) is 6.61 Å². The zero-order chi connectivity index (χ0) is 8.06. The van der Waals surface area contributed by atoms with Gasteiger partial charge in [-0.05, 0) is 18.8 Å². The highest BCUT2D eigenvalue weighted by Crippen LogP contribution is 2.57. The molecule has 0 aromatic carbocycles. The Morgan fingerprint density at radius 1 is 1.64 bits per heavy atom. The summed E-state index contributed by atoms with van der Waals surface area (Å²) in [6.45, 7) is 4.59. The van der Waals surface area contributed by atoms with E-state index in [4.69, 9.17) is 9.84 Å². The van der Waals surface area contributed by atoms with E-state index in [1.54, 1.807) is 0 Å². The van der Waals surface area contributed by atoms with Crippen LogP contribution in [0, 0.1) is 11.8 Å². The molecule has 1 heterocycles. The number of rotatable bonds is 2. The smallest absolute Gasteiger partial charge is 0.102 e. The number of fused-ring (bicyclic) bond motifs is 1. The van der Waals surface area contributed by atoms with Crippen LogP contribution in [0.1, 0.15) is 26.7 Å². The lowest BCUT2D eigenvalue weighted by molar-refractivity contribution is 0.101. The van der Waals surface area contributed by atoms with Crippen LogP contribution in [0.5, 0.6) is 0 Å². The molecule has 1 saturated heterocycles. The zero-order valence-electron chi connectivity index (χ0n) is 7.21. The van der Waals surface area contributed by atoms with E-state index in [1.165, 1.54) is 12.8 Å². The van der Waals surface area contributed by atoms with Gasteiger partial charge < -0.3 is 9.84 Å². The minimum absolute atomic E-state index is 0.0781. The molecule has 1 N–H and O–H groups in total. The Bertz CT molecular complexity index is 169. The van der Waals surface area contributed by atoms with Crippen LogP contribution in [-0.2, 0) is 4.74 Å². The topological polar surface area (TPSA) is 32.8 Å². The lowest BCUT2D eigenvalue weighted by Crippen LogP contribution is -2.30. The van der Waals surface area contributed by atoms with Crippen molar-refractivity contribution in [3.8, 4) is 0 Å². The van der Waals surface area contributed by atoms with Gasteiger partial charge in [-0.2, -0.15) is 0 Å². The van der Waals surface area contributed by atoms with Crippen LogP contribution >= 0.6 is 0 Å². The highest BCUT2D eigenvalue weighted by Gasteiger charge is 2.65. The highest BCUT2D eigenvalue weighted by atomic mass is 16.6. The van der Waals surface area contributed by atoms with Crippen LogP contribution in [0.25, 0.3) is 0 Å². The second-order valence-corrected chi connectivity index (χ2v) is 4.02. The standard InChI is InChI=1S/C9H16O2/c1-6-3-4-8-9(6,11-8)7(2)5-10/h6-8,10H,3-5H2,1-2H3. The van der Waals surface area contributed by atoms with Gasteiger partial charge in [-0.15, -0.1) is 0 Å². The van der Waals surface area contributed by atoms with Crippen LogP contribution in [0.3, 0.4) is 0 Å². The first-order chi connectivity index (χ1) is 5.21. The molecule has 4 unspecified atom stereocenters. The molecule has 2 nitrogen and oxygen atoms in total. The maximum Gasteiger partial charge on any atom is 0.102 e. The number of hydrogen-bond acceptors (Lipinski definition) is 2. The molecule has 0 bridgehead atoms. The summed E-state index contributed by atoms with van der Waals surface area (Å²) in [6.07, 6.45) is 2.94. The number of aliphatic hydroxyl groups is 1. The summed E-state index contributed by atoms with van der Waals surface area (Å²) >= 11 is 0. The van der Waals surface area contributed by atoms with E-state index in [-0.39, 0.29) is 12.2 Å². The summed E-state index contributed by atoms with van der Waals surface area (Å²) in [6, 6.07) is 0. The summed E-state index contributed by atoms with van der Waals surface area (Å²) in [5, 5.41) is 9.02. The molecule has 11 heavy (non-hydrogen) atoms. The summed E-state index contributed by atoms with van der Waals surface area (Å²) in [4.78, 5) is 0. The molecule has 2 aliphatic rings. The second-order valence-electron chi connectivity index (χ2n) is 4.02. The molecule has 2 heteroatoms. The van der Waals surface area contributed by atoms with Gasteiger partial charge in [-0.3, -0.25) is 0 Å². The molecule has 2 fully saturated rings. The van der Waals surface area contributed by atoms with Gasteiger partial charge in [-0.25, -0.2) is 0 Å². The summed E-state index contributed by atoms with van der Waals surface area (Å²) in [5.41, 5.74) is 0.0781. The van der Waals surface area contributed by atoms with Crippen LogP contribution < -0.4 is 0 Å². The van der Waals surface area contributed by atoms with Crippen molar-refractivity contribution in [2.45, 2.75) is 38.4 Å². The summed E-state index contributed by atoms with van der Waals surface area (Å²) < 4.78 is 5.65. The monoisotopic (exact) mass is 156 g/mol. The maximum absolute atomic E-state index is 9.02. The average Bonchev–Trinajstić information content (AvgIpc) is 2.68. The lowest BCUT2D eigenvalue weighted by atomic mass is 9.85. The molecule has 0 aromatic heterocycles. The van der Waals surface area contributed by atoms with Crippen molar-refractivity contribution in [1.82, 2.24) is 0 Å². The fourth-order valence-corrected chi connectivity index (χ4v) is 2.62. The normalized spacial score (nSPS) is 50.5. The van der Waals surface area contributed by atoms with Crippen molar-refractivity contribution >= 4 is 0 Å². The van der Waals surface area contributed by atoms with Crippen LogP contribution in [0.2, 0.25) is 0 Å². The molecule has 0 amide bonds. The fourth-order valence-electron chi connectivity index (χ4n) is 2.62. The minimum atomic E-state index is 0.0781. The van der Waals surface area contributed by atoms with Gasteiger partial charge >= 0.3 is 0 Å². The molecule has 64 valence electrons. The van der Waals surface area contributed by atoms with E-state index in [1.807, 2.05) is 0 Å². The zero-order valence-corrected chi connectivity index (χ0v) is 7.21. The minimum Gasteiger partial charge on any atom is -0.396 e. The molecule has 0 aromatic rings. The third kappa shape index (κ3) is 0.798. The molecular formula is C9H16O2. The Kier molecular flexibility index (Phi) is 1.52. The first-order valence-electron chi connectivity index (χ1n) is 4.50. The van der Waals surface area contributed by atoms with Gasteiger partial charge in [0, 0.05) is 12.5 Å². The molecule has 2 rings (SSSR count). The summed E-state index contributed by atoms with van der Waals surface area (Å²) in [7, 11) is 0. The third-order valence-corrected chi connectivity index (χ3v) is 3.47. The van der Waals surface area contributed by atoms with Crippen molar-refractivity contribution in [1.29, 1.82) is 0 Å². The molecule has 1 aliphatic heterocycles. The maximum atomic E-state index is 9.02. The Hall–Kier alpha value is -0.0800. The molecule has 0 spiro atoms. The van der Waals surface area contributed by atoms with Gasteiger partial charge in [-0.1, -0.05) is 13.8 Å². The van der Waals surface area contributed by atoms with E-state index >= 15 is 0 Å². The van der Waals surface area contributed by atoms with E-state index < -0.39 is 0 Å². The van der Waals surface area contributed by atoms with E-state index in [0.717, 1.165) is 0 Å². The average molecular weight is 156 g/mol. The van der Waals surface area contributed by atoms with Gasteiger partial charge in [0.05, 0.1) is 6.10 Å². The number of aliphatic hydroxyl groups excluding tert-OH is 1. The second kappa shape index (κ2) is 2.20. The number of epoxide rings is 1. The van der Waals surface area contributed by atoms with E-state index in [0.29, 0.717) is 17.9 Å². The van der Waals surface area contributed by atoms with Crippen LogP contribution in [0.4, 0.5) is 0 Å². The van der Waals surface area contributed by atoms with Gasteiger partial charge in [0.1, 0.15) is 5.60 Å². The lowest BCUT2D eigenvalue weighted by Gasteiger charge is -2.21. The summed E-state index contributed by atoms with van der Waals surface area (Å²) in [5.74, 6) is 0.972. The molecule has 1 saturated carbocycles. The van der Waals surface area contributed by atoms with Crippen molar-refractivity contribution in [3.05, 3.63) is 0 Å². The quantitative estimate of drug-likeness (QED) is 0.609. The van der Waals surface area contributed by atoms with E-state index in [9.17, 15) is 0 Å². The Morgan fingerprint density at radius 2 is 2.36 bits per heavy atom. The Morgan fingerprint density at radius 3 is 2.73 bits per heavy atom. The molecule has 0 radical (unpaired) electrons. The first kappa shape index (κ1) is 7.56. The molecular weight excluding hydrogens is 140 g/mol. The van der Waals surface area contributed by atoms with Crippen LogP contribution in [-0.4, -0.2) is 23.4 Å². The Balaban J connectivity index is 2.11. The van der Waals surface area contributed by atoms with Gasteiger partial charge in [0.2, 0.25) is 0 Å².